The summed E-state index contributed by atoms with van der Waals surface area (Å²) in [6.07, 6.45) is 0.735. The Labute approximate surface area is 188 Å². The Morgan fingerprint density at radius 3 is 2.34 bits per heavy atom. The number of amides is 1. The van der Waals surface area contributed by atoms with Crippen molar-refractivity contribution in [1.29, 1.82) is 0 Å². The van der Waals surface area contributed by atoms with Gasteiger partial charge < -0.3 is 9.64 Å². The predicted molar refractivity (Wildman–Crippen MR) is 121 cm³/mol. The molecule has 0 N–H and O–H groups in total. The number of carbonyl (C=O) groups excluding carboxylic acids is 3. The van der Waals surface area contributed by atoms with E-state index in [2.05, 4.69) is 12.1 Å². The molecule has 166 valence electrons. The molecule has 5 nitrogen and oxygen atoms in total. The molecule has 0 spiro atoms. The average Bonchev–Trinajstić information content (AvgIpc) is 3.12. The molecule has 5 heteroatoms. The van der Waals surface area contributed by atoms with Gasteiger partial charge in [0, 0.05) is 49.9 Å². The summed E-state index contributed by atoms with van der Waals surface area (Å²) in [6, 6.07) is 13.8. The van der Waals surface area contributed by atoms with Gasteiger partial charge in [0.05, 0.1) is 5.56 Å². The molecule has 2 aromatic rings. The van der Waals surface area contributed by atoms with Crippen LogP contribution in [0.4, 0.5) is 0 Å². The number of rotatable bonds is 6. The fraction of sp³-hybridized carbons (Fsp3) is 0.444. The van der Waals surface area contributed by atoms with E-state index < -0.39 is 0 Å². The molecule has 0 aromatic heterocycles. The summed E-state index contributed by atoms with van der Waals surface area (Å²) >= 11 is 0. The van der Waals surface area contributed by atoms with Crippen molar-refractivity contribution in [1.82, 2.24) is 4.90 Å². The summed E-state index contributed by atoms with van der Waals surface area (Å²) in [7, 11) is 0. The highest BCUT2D eigenvalue weighted by molar-refractivity contribution is 6.04. The summed E-state index contributed by atoms with van der Waals surface area (Å²) in [5.41, 5.74) is 3.19. The maximum Gasteiger partial charge on any atom is 0.219 e. The van der Waals surface area contributed by atoms with Crippen molar-refractivity contribution in [2.75, 3.05) is 13.1 Å². The van der Waals surface area contributed by atoms with Gasteiger partial charge in [0.15, 0.2) is 11.6 Å². The minimum atomic E-state index is -0.110. The van der Waals surface area contributed by atoms with Crippen LogP contribution < -0.4 is 4.74 Å². The molecular weight excluding hydrogens is 402 g/mol. The molecule has 2 fully saturated rings. The van der Waals surface area contributed by atoms with Gasteiger partial charge in [-0.25, -0.2) is 0 Å². The van der Waals surface area contributed by atoms with E-state index in [1.165, 1.54) is 0 Å². The average molecular weight is 432 g/mol. The smallest absolute Gasteiger partial charge is 0.219 e. The van der Waals surface area contributed by atoms with Gasteiger partial charge in [0.1, 0.15) is 11.9 Å². The van der Waals surface area contributed by atoms with Gasteiger partial charge >= 0.3 is 0 Å². The van der Waals surface area contributed by atoms with Crippen molar-refractivity contribution in [3.63, 3.8) is 0 Å². The number of carbonyl (C=O) groups is 3. The van der Waals surface area contributed by atoms with E-state index in [4.69, 9.17) is 4.74 Å². The highest BCUT2D eigenvalue weighted by Gasteiger charge is 2.56. The zero-order valence-electron chi connectivity index (χ0n) is 18.8. The Hall–Kier alpha value is -2.95. The van der Waals surface area contributed by atoms with Crippen molar-refractivity contribution in [2.24, 2.45) is 17.8 Å². The van der Waals surface area contributed by atoms with E-state index in [0.717, 1.165) is 24.2 Å². The standard InChI is InChI=1S/C27H29NO4/c1-4-24(30)20-10-18(25(31)12-19-22-13-28(16(3)29)14-23(19)22)11-21-26(15(2)32-27(20)21)17-8-6-5-7-9-17/h5-11,15,19,22-23,26H,4,12-14H2,1-3H3/t15-,19?,22-,23+,26+/m0/s1. The maximum atomic E-state index is 13.3. The topological polar surface area (TPSA) is 63.7 Å². The van der Waals surface area contributed by atoms with Crippen molar-refractivity contribution >= 4 is 17.5 Å². The normalized spacial score (nSPS) is 27.5. The first-order chi connectivity index (χ1) is 15.4. The van der Waals surface area contributed by atoms with Gasteiger partial charge in [-0.05, 0) is 42.4 Å². The Morgan fingerprint density at radius 2 is 1.72 bits per heavy atom. The maximum absolute atomic E-state index is 13.3. The first-order valence-corrected chi connectivity index (χ1v) is 11.6. The molecule has 2 heterocycles. The van der Waals surface area contributed by atoms with Crippen LogP contribution >= 0.6 is 0 Å². The first-order valence-electron chi connectivity index (χ1n) is 11.6. The summed E-state index contributed by atoms with van der Waals surface area (Å²) in [5.74, 6) is 2.04. The molecule has 2 aromatic carbocycles. The number of hydrogen-bond acceptors (Lipinski definition) is 4. The van der Waals surface area contributed by atoms with E-state index in [0.29, 0.717) is 47.5 Å². The molecule has 3 aliphatic rings. The second kappa shape index (κ2) is 7.88. The van der Waals surface area contributed by atoms with E-state index in [-0.39, 0.29) is 29.5 Å². The molecule has 1 saturated heterocycles. The summed E-state index contributed by atoms with van der Waals surface area (Å²) in [4.78, 5) is 39.5. The van der Waals surface area contributed by atoms with Crippen molar-refractivity contribution < 1.29 is 19.1 Å². The predicted octanol–water partition coefficient (Wildman–Crippen LogP) is 4.49. The zero-order valence-corrected chi connectivity index (χ0v) is 18.8. The molecule has 2 aliphatic heterocycles. The van der Waals surface area contributed by atoms with Crippen molar-refractivity contribution in [3.8, 4) is 5.75 Å². The Morgan fingerprint density at radius 1 is 1.03 bits per heavy atom. The minimum absolute atomic E-state index is 0.00259. The van der Waals surface area contributed by atoms with Gasteiger partial charge in [0.25, 0.3) is 0 Å². The summed E-state index contributed by atoms with van der Waals surface area (Å²) in [6.45, 7) is 6.99. The third-order valence-corrected chi connectivity index (χ3v) is 7.57. The lowest BCUT2D eigenvalue weighted by atomic mass is 9.85. The molecule has 1 saturated carbocycles. The van der Waals surface area contributed by atoms with Crippen LogP contribution in [-0.4, -0.2) is 41.6 Å². The van der Waals surface area contributed by atoms with Crippen molar-refractivity contribution in [2.45, 2.75) is 45.6 Å². The van der Waals surface area contributed by atoms with Gasteiger partial charge in [0.2, 0.25) is 5.91 Å². The number of nitrogens with zero attached hydrogens (tertiary/aromatic N) is 1. The lowest BCUT2D eigenvalue weighted by Gasteiger charge is -2.17. The third-order valence-electron chi connectivity index (χ3n) is 7.57. The van der Waals surface area contributed by atoms with E-state index >= 15 is 0 Å². The molecule has 5 rings (SSSR count). The largest absolute Gasteiger partial charge is 0.489 e. The lowest BCUT2D eigenvalue weighted by molar-refractivity contribution is -0.128. The Kier molecular flexibility index (Phi) is 5.15. The molecular formula is C27H29NO4. The van der Waals surface area contributed by atoms with Gasteiger partial charge in [-0.3, -0.25) is 14.4 Å². The molecule has 1 unspecified atom stereocenters. The Bertz CT molecular complexity index is 1080. The molecule has 5 atom stereocenters. The first kappa shape index (κ1) is 20.9. The molecule has 0 radical (unpaired) electrons. The third kappa shape index (κ3) is 3.44. The number of piperidine rings is 1. The second-order valence-corrected chi connectivity index (χ2v) is 9.47. The van der Waals surface area contributed by atoms with Crippen LogP contribution in [0.15, 0.2) is 42.5 Å². The Balaban J connectivity index is 1.44. The summed E-state index contributed by atoms with van der Waals surface area (Å²) < 4.78 is 6.18. The minimum Gasteiger partial charge on any atom is -0.489 e. The number of hydrogen-bond donors (Lipinski definition) is 0. The number of fused-ring (bicyclic) bond motifs is 2. The van der Waals surface area contributed by atoms with Crippen molar-refractivity contribution in [3.05, 3.63) is 64.7 Å². The quantitative estimate of drug-likeness (QED) is 0.632. The second-order valence-electron chi connectivity index (χ2n) is 9.47. The molecule has 32 heavy (non-hydrogen) atoms. The molecule has 1 amide bonds. The fourth-order valence-corrected chi connectivity index (χ4v) is 5.73. The highest BCUT2D eigenvalue weighted by atomic mass is 16.5. The van der Waals surface area contributed by atoms with Gasteiger partial charge in [-0.15, -0.1) is 0 Å². The van der Waals surface area contributed by atoms with Crippen LogP contribution in [0, 0.1) is 17.8 Å². The van der Waals surface area contributed by atoms with Crippen LogP contribution in [0.2, 0.25) is 0 Å². The van der Waals surface area contributed by atoms with E-state index in [9.17, 15) is 14.4 Å². The number of benzene rings is 2. The van der Waals surface area contributed by atoms with Crippen LogP contribution in [0.25, 0.3) is 0 Å². The monoisotopic (exact) mass is 431 g/mol. The number of ether oxygens (including phenoxy) is 1. The molecule has 0 bridgehead atoms. The van der Waals surface area contributed by atoms with Gasteiger partial charge in [-0.1, -0.05) is 37.3 Å². The SMILES string of the molecule is CCC(=O)c1cc(C(=O)CC2[C@H]3CN(C(C)=O)C[C@@H]23)cc2c1O[C@@H](C)[C@@H]2c1ccccc1. The van der Waals surface area contributed by atoms with Crippen LogP contribution in [0.3, 0.4) is 0 Å². The summed E-state index contributed by atoms with van der Waals surface area (Å²) in [5, 5.41) is 0. The van der Waals surface area contributed by atoms with E-state index in [1.54, 1.807) is 13.0 Å². The molecule has 1 aliphatic carbocycles. The van der Waals surface area contributed by atoms with Crippen LogP contribution in [0.5, 0.6) is 5.75 Å². The fourth-order valence-electron chi connectivity index (χ4n) is 5.73. The number of likely N-dealkylation sites (tertiary alicyclic amines) is 1. The van der Waals surface area contributed by atoms with Crippen LogP contribution in [0.1, 0.15) is 71.4 Å². The number of ketones is 2. The lowest BCUT2D eigenvalue weighted by Crippen LogP contribution is -2.29. The van der Waals surface area contributed by atoms with E-state index in [1.807, 2.05) is 43.0 Å². The zero-order chi connectivity index (χ0) is 22.6. The highest BCUT2D eigenvalue weighted by Crippen LogP contribution is 2.54. The van der Waals surface area contributed by atoms with Gasteiger partial charge in [-0.2, -0.15) is 0 Å². The van der Waals surface area contributed by atoms with Crippen LogP contribution in [-0.2, 0) is 4.79 Å². The number of Topliss-reactive ketones (excluding diaryl/α,β-unsaturated/α-hetero) is 2.